The van der Waals surface area contributed by atoms with Gasteiger partial charge < -0.3 is 14.8 Å². The zero-order valence-corrected chi connectivity index (χ0v) is 15.3. The number of anilines is 1. The average Bonchev–Trinajstić information content (AvgIpc) is 3.24. The maximum Gasteiger partial charge on any atom is 0.586 e. The lowest BCUT2D eigenvalue weighted by Crippen LogP contribution is -2.25. The Kier molecular flexibility index (Phi) is 4.43. The molecule has 1 aliphatic heterocycles. The molecular formula is C19H14ClF2N3O3. The van der Waals surface area contributed by atoms with Crippen LogP contribution in [0.4, 0.5) is 14.5 Å². The van der Waals surface area contributed by atoms with E-state index < -0.39 is 6.29 Å². The highest BCUT2D eigenvalue weighted by atomic mass is 35.5. The van der Waals surface area contributed by atoms with E-state index in [0.717, 1.165) is 0 Å². The van der Waals surface area contributed by atoms with E-state index >= 15 is 0 Å². The van der Waals surface area contributed by atoms with E-state index in [4.69, 9.17) is 11.6 Å². The Morgan fingerprint density at radius 3 is 2.54 bits per heavy atom. The number of ether oxygens (including phenoxy) is 2. The molecule has 28 heavy (non-hydrogen) atoms. The van der Waals surface area contributed by atoms with E-state index in [1.54, 1.807) is 41.2 Å². The number of amides is 1. The van der Waals surface area contributed by atoms with Crippen LogP contribution < -0.4 is 14.8 Å². The zero-order valence-electron chi connectivity index (χ0n) is 14.6. The Bertz CT molecular complexity index is 1050. The molecule has 1 amide bonds. The molecule has 0 saturated heterocycles. The van der Waals surface area contributed by atoms with Gasteiger partial charge in [0.2, 0.25) is 0 Å². The lowest BCUT2D eigenvalue weighted by atomic mass is 10.0. The molecule has 4 rings (SSSR count). The average molecular weight is 406 g/mol. The van der Waals surface area contributed by atoms with E-state index in [9.17, 15) is 13.6 Å². The first-order valence-corrected chi connectivity index (χ1v) is 8.77. The van der Waals surface area contributed by atoms with Crippen molar-refractivity contribution in [2.45, 2.75) is 19.8 Å². The van der Waals surface area contributed by atoms with E-state index in [2.05, 4.69) is 19.9 Å². The van der Waals surface area contributed by atoms with Gasteiger partial charge in [-0.15, -0.1) is 8.78 Å². The molecule has 0 bridgehead atoms. The third-order valence-electron chi connectivity index (χ3n) is 4.19. The van der Waals surface area contributed by atoms with Crippen molar-refractivity contribution in [3.05, 3.63) is 59.4 Å². The Hall–Kier alpha value is -3.13. The van der Waals surface area contributed by atoms with E-state index in [-0.39, 0.29) is 22.4 Å². The molecule has 6 nitrogen and oxygen atoms in total. The minimum Gasteiger partial charge on any atom is -0.395 e. The molecule has 0 unspecified atom stereocenters. The number of nitrogens with zero attached hydrogens (tertiary/aromatic N) is 2. The van der Waals surface area contributed by atoms with Crippen LogP contribution in [-0.2, 0) is 6.54 Å². The standard InChI is InChI=1S/C19H14ClF2N3O3/c1-2-25-15(7-8-23-25)18(26)24-12-5-3-11(4-6-12)13-9-16-17(10-14(13)20)28-19(21,22)27-16/h3-10H,2H2,1H3,(H,24,26). The summed E-state index contributed by atoms with van der Waals surface area (Å²) < 4.78 is 36.9. The van der Waals surface area contributed by atoms with Crippen LogP contribution in [0.3, 0.4) is 0 Å². The molecule has 2 aromatic carbocycles. The fourth-order valence-electron chi connectivity index (χ4n) is 2.90. The van der Waals surface area contributed by atoms with E-state index in [1.165, 1.54) is 12.1 Å². The van der Waals surface area contributed by atoms with Gasteiger partial charge in [-0.05, 0) is 36.8 Å². The first-order chi connectivity index (χ1) is 13.4. The highest BCUT2D eigenvalue weighted by molar-refractivity contribution is 6.33. The monoisotopic (exact) mass is 405 g/mol. The lowest BCUT2D eigenvalue weighted by Gasteiger charge is -2.09. The summed E-state index contributed by atoms with van der Waals surface area (Å²) in [5, 5.41) is 7.09. The molecular weight excluding hydrogens is 392 g/mol. The van der Waals surface area contributed by atoms with Crippen LogP contribution >= 0.6 is 11.6 Å². The number of carbonyl (C=O) groups is 1. The van der Waals surface area contributed by atoms with Crippen molar-refractivity contribution in [2.75, 3.05) is 5.32 Å². The number of carbonyl (C=O) groups excluding carboxylic acids is 1. The molecule has 0 aliphatic carbocycles. The third-order valence-corrected chi connectivity index (χ3v) is 4.51. The molecule has 0 saturated carbocycles. The molecule has 0 fully saturated rings. The predicted molar refractivity (Wildman–Crippen MR) is 98.9 cm³/mol. The fourth-order valence-corrected chi connectivity index (χ4v) is 3.16. The predicted octanol–water partition coefficient (Wildman–Crippen LogP) is 4.80. The summed E-state index contributed by atoms with van der Waals surface area (Å²) in [6, 6.07) is 11.1. The topological polar surface area (TPSA) is 65.4 Å². The van der Waals surface area contributed by atoms with Gasteiger partial charge in [-0.3, -0.25) is 9.48 Å². The van der Waals surface area contributed by atoms with Crippen molar-refractivity contribution in [3.63, 3.8) is 0 Å². The number of benzene rings is 2. The molecule has 144 valence electrons. The molecule has 1 N–H and O–H groups in total. The number of hydrogen-bond acceptors (Lipinski definition) is 4. The van der Waals surface area contributed by atoms with Crippen LogP contribution in [0.2, 0.25) is 5.02 Å². The van der Waals surface area contributed by atoms with Gasteiger partial charge >= 0.3 is 6.29 Å². The Balaban J connectivity index is 1.55. The second-order valence-corrected chi connectivity index (χ2v) is 6.42. The molecule has 9 heteroatoms. The van der Waals surface area contributed by atoms with Crippen LogP contribution in [0.15, 0.2) is 48.7 Å². The zero-order chi connectivity index (χ0) is 19.9. The Morgan fingerprint density at radius 1 is 1.18 bits per heavy atom. The quantitative estimate of drug-likeness (QED) is 0.677. The lowest BCUT2D eigenvalue weighted by molar-refractivity contribution is -0.286. The summed E-state index contributed by atoms with van der Waals surface area (Å²) in [6.07, 6.45) is -2.14. The van der Waals surface area contributed by atoms with Crippen molar-refractivity contribution in [1.29, 1.82) is 0 Å². The number of aromatic nitrogens is 2. The van der Waals surface area contributed by atoms with Gasteiger partial charge in [0.1, 0.15) is 5.69 Å². The molecule has 0 spiro atoms. The third kappa shape index (κ3) is 3.38. The van der Waals surface area contributed by atoms with Crippen molar-refractivity contribution in [1.82, 2.24) is 9.78 Å². The van der Waals surface area contributed by atoms with Crippen LogP contribution in [0, 0.1) is 0 Å². The van der Waals surface area contributed by atoms with E-state index in [0.29, 0.717) is 29.1 Å². The van der Waals surface area contributed by atoms with Crippen molar-refractivity contribution in [2.24, 2.45) is 0 Å². The number of alkyl halides is 2. The Labute approximate surface area is 163 Å². The minimum absolute atomic E-state index is 0.0883. The van der Waals surface area contributed by atoms with Crippen LogP contribution in [0.1, 0.15) is 17.4 Å². The summed E-state index contributed by atoms with van der Waals surface area (Å²) in [5.74, 6) is -0.486. The SMILES string of the molecule is CCn1nccc1C(=O)Nc1ccc(-c2cc3c(cc2Cl)OC(F)(F)O3)cc1. The summed E-state index contributed by atoms with van der Waals surface area (Å²) >= 11 is 6.20. The summed E-state index contributed by atoms with van der Waals surface area (Å²) in [6.45, 7) is 2.47. The van der Waals surface area contributed by atoms with Gasteiger partial charge in [0.15, 0.2) is 11.5 Å². The number of halogens is 3. The van der Waals surface area contributed by atoms with Crippen molar-refractivity contribution >= 4 is 23.2 Å². The molecule has 1 aromatic heterocycles. The highest BCUT2D eigenvalue weighted by Gasteiger charge is 2.43. The van der Waals surface area contributed by atoms with Gasteiger partial charge in [0, 0.05) is 30.1 Å². The molecule has 3 aromatic rings. The minimum atomic E-state index is -3.70. The molecule has 1 aliphatic rings. The molecule has 0 radical (unpaired) electrons. The fraction of sp³-hybridized carbons (Fsp3) is 0.158. The molecule has 2 heterocycles. The summed E-state index contributed by atoms with van der Waals surface area (Å²) in [5.41, 5.74) is 2.19. The van der Waals surface area contributed by atoms with Crippen LogP contribution in [0.5, 0.6) is 11.5 Å². The van der Waals surface area contributed by atoms with Gasteiger partial charge in [-0.1, -0.05) is 23.7 Å². The largest absolute Gasteiger partial charge is 0.586 e. The first-order valence-electron chi connectivity index (χ1n) is 8.39. The number of nitrogens with one attached hydrogen (secondary N) is 1. The smallest absolute Gasteiger partial charge is 0.395 e. The van der Waals surface area contributed by atoms with Gasteiger partial charge in [-0.2, -0.15) is 5.10 Å². The van der Waals surface area contributed by atoms with Crippen molar-refractivity contribution in [3.8, 4) is 22.6 Å². The molecule has 0 atom stereocenters. The van der Waals surface area contributed by atoms with Gasteiger partial charge in [0.25, 0.3) is 5.91 Å². The second-order valence-electron chi connectivity index (χ2n) is 6.01. The Morgan fingerprint density at radius 2 is 1.86 bits per heavy atom. The van der Waals surface area contributed by atoms with Gasteiger partial charge in [-0.25, -0.2) is 0 Å². The normalized spacial score (nSPS) is 14.1. The van der Waals surface area contributed by atoms with Crippen LogP contribution in [-0.4, -0.2) is 22.0 Å². The van der Waals surface area contributed by atoms with Gasteiger partial charge in [0.05, 0.1) is 5.02 Å². The first kappa shape index (κ1) is 18.2. The van der Waals surface area contributed by atoms with Crippen LogP contribution in [0.25, 0.3) is 11.1 Å². The summed E-state index contributed by atoms with van der Waals surface area (Å²) in [4.78, 5) is 12.4. The maximum atomic E-state index is 13.2. The number of hydrogen-bond donors (Lipinski definition) is 1. The number of aryl methyl sites for hydroxylation is 1. The summed E-state index contributed by atoms with van der Waals surface area (Å²) in [7, 11) is 0. The van der Waals surface area contributed by atoms with E-state index in [1.807, 2.05) is 6.92 Å². The highest BCUT2D eigenvalue weighted by Crippen LogP contribution is 2.46. The van der Waals surface area contributed by atoms with Crippen molar-refractivity contribution < 1.29 is 23.0 Å². The maximum absolute atomic E-state index is 13.2. The number of rotatable bonds is 4. The number of fused-ring (bicyclic) bond motifs is 1. The second kappa shape index (κ2) is 6.79.